The van der Waals surface area contributed by atoms with Crippen LogP contribution in [0.5, 0.6) is 0 Å². The molecule has 3 nitrogen and oxygen atoms in total. The van der Waals surface area contributed by atoms with Gasteiger partial charge in [-0.15, -0.1) is 0 Å². The van der Waals surface area contributed by atoms with Gasteiger partial charge in [-0.3, -0.25) is 4.90 Å². The fourth-order valence-corrected chi connectivity index (χ4v) is 3.63. The number of rotatable bonds is 4. The van der Waals surface area contributed by atoms with Gasteiger partial charge in [-0.25, -0.2) is 0 Å². The van der Waals surface area contributed by atoms with Gasteiger partial charge < -0.3 is 10.1 Å². The van der Waals surface area contributed by atoms with Crippen LogP contribution in [0.3, 0.4) is 0 Å². The van der Waals surface area contributed by atoms with Crippen molar-refractivity contribution in [3.63, 3.8) is 0 Å². The first-order valence-electron chi connectivity index (χ1n) is 7.41. The number of likely N-dealkylation sites (tertiary alicyclic amines) is 1. The second-order valence-electron chi connectivity index (χ2n) is 5.65. The molecule has 0 amide bonds. The highest BCUT2D eigenvalue weighted by Gasteiger charge is 2.38. The average Bonchev–Trinajstić information content (AvgIpc) is 3.04. The molecule has 0 radical (unpaired) electrons. The van der Waals surface area contributed by atoms with E-state index in [1.807, 2.05) is 7.11 Å². The SMILES string of the molecule is CCNC1c2ccccc2CC1N1CCC(OC)C1. The lowest BCUT2D eigenvalue weighted by Crippen LogP contribution is -2.42. The van der Waals surface area contributed by atoms with E-state index in [1.54, 1.807) is 0 Å². The summed E-state index contributed by atoms with van der Waals surface area (Å²) in [7, 11) is 1.83. The second kappa shape index (κ2) is 5.61. The van der Waals surface area contributed by atoms with E-state index in [2.05, 4.69) is 41.4 Å². The van der Waals surface area contributed by atoms with Gasteiger partial charge in [0.25, 0.3) is 0 Å². The van der Waals surface area contributed by atoms with Crippen LogP contribution >= 0.6 is 0 Å². The molecule has 3 heteroatoms. The molecule has 1 aromatic rings. The van der Waals surface area contributed by atoms with Gasteiger partial charge in [-0.1, -0.05) is 31.2 Å². The Hall–Kier alpha value is -0.900. The maximum Gasteiger partial charge on any atom is 0.0710 e. The van der Waals surface area contributed by atoms with Crippen molar-refractivity contribution in [1.29, 1.82) is 0 Å². The minimum atomic E-state index is 0.422. The molecule has 1 aliphatic carbocycles. The summed E-state index contributed by atoms with van der Waals surface area (Å²) in [5.41, 5.74) is 3.01. The maximum atomic E-state index is 5.51. The van der Waals surface area contributed by atoms with Gasteiger partial charge in [-0.05, 0) is 30.5 Å². The van der Waals surface area contributed by atoms with Crippen molar-refractivity contribution in [2.45, 2.75) is 38.0 Å². The molecule has 1 N–H and O–H groups in total. The standard InChI is InChI=1S/C16H24N2O/c1-3-17-16-14-7-5-4-6-12(14)10-15(16)18-9-8-13(11-18)19-2/h4-7,13,15-17H,3,8-11H2,1-2H3. The molecule has 104 valence electrons. The predicted octanol–water partition coefficient (Wildman–Crippen LogP) is 1.98. The summed E-state index contributed by atoms with van der Waals surface area (Å²) in [6.07, 6.45) is 2.76. The highest BCUT2D eigenvalue weighted by molar-refractivity contribution is 5.37. The zero-order chi connectivity index (χ0) is 13.2. The summed E-state index contributed by atoms with van der Waals surface area (Å²) in [6, 6.07) is 9.96. The Balaban J connectivity index is 1.79. The highest BCUT2D eigenvalue weighted by atomic mass is 16.5. The summed E-state index contributed by atoms with van der Waals surface area (Å²) in [6.45, 7) is 5.47. The first kappa shape index (κ1) is 13.1. The van der Waals surface area contributed by atoms with E-state index < -0.39 is 0 Å². The number of nitrogens with zero attached hydrogens (tertiary/aromatic N) is 1. The third-order valence-electron chi connectivity index (χ3n) is 4.61. The number of ether oxygens (including phenoxy) is 1. The average molecular weight is 260 g/mol. The Morgan fingerprint density at radius 2 is 2.21 bits per heavy atom. The van der Waals surface area contributed by atoms with Gasteiger partial charge in [0.1, 0.15) is 0 Å². The summed E-state index contributed by atoms with van der Waals surface area (Å²) in [5, 5.41) is 3.68. The number of hydrogen-bond acceptors (Lipinski definition) is 3. The summed E-state index contributed by atoms with van der Waals surface area (Å²) in [4.78, 5) is 2.61. The number of hydrogen-bond donors (Lipinski definition) is 1. The molecule has 0 spiro atoms. The molecule has 0 saturated carbocycles. The van der Waals surface area contributed by atoms with Crippen molar-refractivity contribution in [3.05, 3.63) is 35.4 Å². The predicted molar refractivity (Wildman–Crippen MR) is 77.3 cm³/mol. The topological polar surface area (TPSA) is 24.5 Å². The lowest BCUT2D eigenvalue weighted by Gasteiger charge is -2.30. The van der Waals surface area contributed by atoms with E-state index in [9.17, 15) is 0 Å². The molecule has 1 aliphatic heterocycles. The molecule has 1 aromatic carbocycles. The lowest BCUT2D eigenvalue weighted by atomic mass is 10.1. The van der Waals surface area contributed by atoms with Crippen LogP contribution in [0.4, 0.5) is 0 Å². The second-order valence-corrected chi connectivity index (χ2v) is 5.65. The van der Waals surface area contributed by atoms with Crippen LogP contribution in [0.25, 0.3) is 0 Å². The van der Waals surface area contributed by atoms with Crippen LogP contribution < -0.4 is 5.32 Å². The third kappa shape index (κ3) is 2.42. The molecule has 19 heavy (non-hydrogen) atoms. The first-order chi connectivity index (χ1) is 9.33. The highest BCUT2D eigenvalue weighted by Crippen LogP contribution is 2.36. The lowest BCUT2D eigenvalue weighted by molar-refractivity contribution is 0.0971. The Morgan fingerprint density at radius 1 is 1.37 bits per heavy atom. The Labute approximate surface area is 115 Å². The third-order valence-corrected chi connectivity index (χ3v) is 4.61. The Morgan fingerprint density at radius 3 is 2.95 bits per heavy atom. The number of likely N-dealkylation sites (N-methyl/N-ethyl adjacent to an activating group) is 1. The molecular weight excluding hydrogens is 236 g/mol. The minimum Gasteiger partial charge on any atom is -0.380 e. The molecule has 1 fully saturated rings. The van der Waals surface area contributed by atoms with E-state index in [1.165, 1.54) is 30.5 Å². The Kier molecular flexibility index (Phi) is 3.87. The molecular formula is C16H24N2O. The van der Waals surface area contributed by atoms with Crippen LogP contribution in [0.2, 0.25) is 0 Å². The molecule has 3 rings (SSSR count). The number of fused-ring (bicyclic) bond motifs is 1. The monoisotopic (exact) mass is 260 g/mol. The van der Waals surface area contributed by atoms with Crippen molar-refractivity contribution in [2.75, 3.05) is 26.7 Å². The molecule has 1 heterocycles. The van der Waals surface area contributed by atoms with Crippen LogP contribution in [-0.2, 0) is 11.2 Å². The fourth-order valence-electron chi connectivity index (χ4n) is 3.63. The summed E-state index contributed by atoms with van der Waals surface area (Å²) in [5.74, 6) is 0. The van der Waals surface area contributed by atoms with Crippen molar-refractivity contribution in [1.82, 2.24) is 10.2 Å². The number of methoxy groups -OCH3 is 1. The van der Waals surface area contributed by atoms with Crippen LogP contribution in [0, 0.1) is 0 Å². The van der Waals surface area contributed by atoms with Crippen LogP contribution in [-0.4, -0.2) is 43.8 Å². The van der Waals surface area contributed by atoms with E-state index >= 15 is 0 Å². The van der Waals surface area contributed by atoms with Crippen LogP contribution in [0.15, 0.2) is 24.3 Å². The fraction of sp³-hybridized carbons (Fsp3) is 0.625. The van der Waals surface area contributed by atoms with Gasteiger partial charge in [0.2, 0.25) is 0 Å². The number of nitrogens with one attached hydrogen (secondary N) is 1. The zero-order valence-corrected chi connectivity index (χ0v) is 11.9. The molecule has 3 atom stereocenters. The van der Waals surface area contributed by atoms with Crippen molar-refractivity contribution in [2.24, 2.45) is 0 Å². The van der Waals surface area contributed by atoms with Crippen molar-refractivity contribution in [3.8, 4) is 0 Å². The molecule has 1 saturated heterocycles. The Bertz CT molecular complexity index is 435. The first-order valence-corrected chi connectivity index (χ1v) is 7.41. The maximum absolute atomic E-state index is 5.51. The minimum absolute atomic E-state index is 0.422. The quantitative estimate of drug-likeness (QED) is 0.896. The van der Waals surface area contributed by atoms with E-state index in [-0.39, 0.29) is 0 Å². The molecule has 3 unspecified atom stereocenters. The summed E-state index contributed by atoms with van der Waals surface area (Å²) < 4.78 is 5.51. The van der Waals surface area contributed by atoms with E-state index in [0.717, 1.165) is 13.1 Å². The summed E-state index contributed by atoms with van der Waals surface area (Å²) >= 11 is 0. The smallest absolute Gasteiger partial charge is 0.0710 e. The van der Waals surface area contributed by atoms with E-state index in [4.69, 9.17) is 4.74 Å². The van der Waals surface area contributed by atoms with Crippen LogP contribution in [0.1, 0.15) is 30.5 Å². The normalized spacial score (nSPS) is 30.7. The van der Waals surface area contributed by atoms with Gasteiger partial charge in [-0.2, -0.15) is 0 Å². The molecule has 0 bridgehead atoms. The van der Waals surface area contributed by atoms with Gasteiger partial charge in [0.05, 0.1) is 6.10 Å². The molecule has 0 aromatic heterocycles. The van der Waals surface area contributed by atoms with E-state index in [0.29, 0.717) is 18.2 Å². The zero-order valence-electron chi connectivity index (χ0n) is 11.9. The van der Waals surface area contributed by atoms with Crippen molar-refractivity contribution < 1.29 is 4.74 Å². The molecule has 2 aliphatic rings. The largest absolute Gasteiger partial charge is 0.380 e. The number of benzene rings is 1. The van der Waals surface area contributed by atoms with Gasteiger partial charge >= 0.3 is 0 Å². The van der Waals surface area contributed by atoms with Crippen molar-refractivity contribution >= 4 is 0 Å². The van der Waals surface area contributed by atoms with Gasteiger partial charge in [0.15, 0.2) is 0 Å². The van der Waals surface area contributed by atoms with Gasteiger partial charge in [0, 0.05) is 32.3 Å².